The van der Waals surface area contributed by atoms with Gasteiger partial charge in [-0.05, 0) is 19.7 Å². The van der Waals surface area contributed by atoms with Crippen LogP contribution in [0.3, 0.4) is 0 Å². The first-order valence-electron chi connectivity index (χ1n) is 9.43. The first-order chi connectivity index (χ1) is 13.7. The number of rotatable bonds is 4. The minimum atomic E-state index is 0.728. The molecular weight excluding hydrogens is 368 g/mol. The number of H-pyrrole nitrogens is 1. The van der Waals surface area contributed by atoms with Crippen LogP contribution in [0.25, 0.3) is 21.3 Å². The Balaban J connectivity index is 1.67. The van der Waals surface area contributed by atoms with Gasteiger partial charge in [0.25, 0.3) is 0 Å². The van der Waals surface area contributed by atoms with Gasteiger partial charge in [0.15, 0.2) is 0 Å². The van der Waals surface area contributed by atoms with Crippen LogP contribution in [0.15, 0.2) is 41.9 Å². The zero-order chi connectivity index (χ0) is 19.1. The molecule has 0 atom stereocenters. The second kappa shape index (κ2) is 7.00. The van der Waals surface area contributed by atoms with E-state index in [1.807, 2.05) is 6.20 Å². The van der Waals surface area contributed by atoms with Crippen LogP contribution >= 0.6 is 11.3 Å². The maximum absolute atomic E-state index is 5.03. The molecule has 5 rings (SSSR count). The predicted molar refractivity (Wildman–Crippen MR) is 114 cm³/mol. The third kappa shape index (κ3) is 3.06. The van der Waals surface area contributed by atoms with Crippen molar-refractivity contribution in [3.8, 4) is 11.1 Å². The van der Waals surface area contributed by atoms with E-state index in [1.165, 1.54) is 22.4 Å². The Bertz CT molecular complexity index is 1110. The van der Waals surface area contributed by atoms with E-state index < -0.39 is 0 Å². The summed E-state index contributed by atoms with van der Waals surface area (Å²) >= 11 is 1.70. The van der Waals surface area contributed by atoms with Crippen LogP contribution in [0.1, 0.15) is 17.1 Å². The van der Waals surface area contributed by atoms with Crippen molar-refractivity contribution in [1.29, 1.82) is 0 Å². The van der Waals surface area contributed by atoms with E-state index in [4.69, 9.17) is 9.97 Å². The van der Waals surface area contributed by atoms with E-state index in [-0.39, 0.29) is 0 Å². The highest BCUT2D eigenvalue weighted by Gasteiger charge is 2.24. The van der Waals surface area contributed by atoms with Gasteiger partial charge < -0.3 is 9.80 Å². The molecule has 0 unspecified atom stereocenters. The van der Waals surface area contributed by atoms with Gasteiger partial charge in [0.05, 0.1) is 18.1 Å². The molecule has 0 saturated heterocycles. The zero-order valence-corrected chi connectivity index (χ0v) is 16.8. The number of hydrogen-bond donors (Lipinski definition) is 1. The van der Waals surface area contributed by atoms with Crippen molar-refractivity contribution in [2.24, 2.45) is 0 Å². The van der Waals surface area contributed by atoms with E-state index in [2.05, 4.69) is 69.8 Å². The molecule has 0 fully saturated rings. The van der Waals surface area contributed by atoms with E-state index >= 15 is 0 Å². The fourth-order valence-electron chi connectivity index (χ4n) is 3.78. The highest BCUT2D eigenvalue weighted by molar-refractivity contribution is 7.17. The summed E-state index contributed by atoms with van der Waals surface area (Å²) in [5, 5.41) is 10.7. The van der Waals surface area contributed by atoms with Crippen molar-refractivity contribution in [3.05, 3.63) is 59.0 Å². The van der Waals surface area contributed by atoms with Gasteiger partial charge in [-0.2, -0.15) is 5.10 Å². The SMILES string of the molecule is CN(C)Cc1nc(N2CCc3[nH]ncc3C2)c2c(-c3ccccc3)csc2n1. The maximum Gasteiger partial charge on any atom is 0.146 e. The Morgan fingerprint density at radius 2 is 2.04 bits per heavy atom. The predicted octanol–water partition coefficient (Wildman–Crippen LogP) is 3.71. The number of nitrogens with zero attached hydrogens (tertiary/aromatic N) is 5. The fourth-order valence-corrected chi connectivity index (χ4v) is 4.74. The van der Waals surface area contributed by atoms with Gasteiger partial charge in [0.2, 0.25) is 0 Å². The van der Waals surface area contributed by atoms with Crippen LogP contribution < -0.4 is 4.90 Å². The minimum Gasteiger partial charge on any atom is -0.351 e. The lowest BCUT2D eigenvalue weighted by atomic mass is 10.0. The largest absolute Gasteiger partial charge is 0.351 e. The van der Waals surface area contributed by atoms with Crippen molar-refractivity contribution in [3.63, 3.8) is 0 Å². The summed E-state index contributed by atoms with van der Waals surface area (Å²) in [6.07, 6.45) is 2.89. The molecule has 0 bridgehead atoms. The fraction of sp³-hybridized carbons (Fsp3) is 0.286. The number of nitrogens with one attached hydrogen (secondary N) is 1. The van der Waals surface area contributed by atoms with E-state index in [1.54, 1.807) is 11.3 Å². The van der Waals surface area contributed by atoms with Gasteiger partial charge in [-0.3, -0.25) is 5.10 Å². The van der Waals surface area contributed by atoms with Gasteiger partial charge in [-0.1, -0.05) is 30.3 Å². The van der Waals surface area contributed by atoms with Crippen LogP contribution in [0.2, 0.25) is 0 Å². The molecule has 6 nitrogen and oxygen atoms in total. The van der Waals surface area contributed by atoms with Gasteiger partial charge in [0, 0.05) is 41.7 Å². The number of hydrogen-bond acceptors (Lipinski definition) is 6. The van der Waals surface area contributed by atoms with Crippen LogP contribution in [-0.2, 0) is 19.5 Å². The second-order valence-electron chi connectivity index (χ2n) is 7.44. The Morgan fingerprint density at radius 1 is 1.18 bits per heavy atom. The molecule has 3 aromatic heterocycles. The summed E-state index contributed by atoms with van der Waals surface area (Å²) in [4.78, 5) is 15.4. The summed E-state index contributed by atoms with van der Waals surface area (Å²) < 4.78 is 0. The summed E-state index contributed by atoms with van der Waals surface area (Å²) in [5.74, 6) is 1.90. The van der Waals surface area contributed by atoms with Crippen molar-refractivity contribution >= 4 is 27.4 Å². The van der Waals surface area contributed by atoms with Crippen LogP contribution in [-0.4, -0.2) is 45.7 Å². The highest BCUT2D eigenvalue weighted by Crippen LogP contribution is 2.39. The molecule has 7 heteroatoms. The van der Waals surface area contributed by atoms with Crippen molar-refractivity contribution in [1.82, 2.24) is 25.1 Å². The Hall–Kier alpha value is -2.77. The summed E-state index contributed by atoms with van der Waals surface area (Å²) in [7, 11) is 4.10. The molecule has 1 aliphatic rings. The van der Waals surface area contributed by atoms with E-state index in [0.29, 0.717) is 0 Å². The molecular formula is C21H22N6S. The monoisotopic (exact) mass is 390 g/mol. The minimum absolute atomic E-state index is 0.728. The molecule has 28 heavy (non-hydrogen) atoms. The molecule has 1 aromatic carbocycles. The third-order valence-electron chi connectivity index (χ3n) is 5.10. The topological polar surface area (TPSA) is 60.9 Å². The Labute approximate surface area is 167 Å². The van der Waals surface area contributed by atoms with E-state index in [0.717, 1.165) is 47.9 Å². The standard InChI is InChI=1S/C21H22N6S/c1-26(2)12-18-23-20(27-9-8-17-15(11-27)10-22-25-17)19-16(13-28-21(19)24-18)14-6-4-3-5-7-14/h3-7,10,13H,8-9,11-12H2,1-2H3,(H,22,25). The first kappa shape index (κ1) is 17.3. The molecule has 0 radical (unpaired) electrons. The second-order valence-corrected chi connectivity index (χ2v) is 8.30. The van der Waals surface area contributed by atoms with Gasteiger partial charge in [-0.25, -0.2) is 9.97 Å². The molecule has 0 saturated carbocycles. The first-order valence-corrected chi connectivity index (χ1v) is 10.3. The van der Waals surface area contributed by atoms with E-state index in [9.17, 15) is 0 Å². The average Bonchev–Trinajstić information content (AvgIpc) is 3.34. The Kier molecular flexibility index (Phi) is 4.33. The molecule has 0 spiro atoms. The van der Waals surface area contributed by atoms with Crippen molar-refractivity contribution < 1.29 is 0 Å². The average molecular weight is 391 g/mol. The summed E-state index contributed by atoms with van der Waals surface area (Å²) in [5.41, 5.74) is 4.91. The quantitative estimate of drug-likeness (QED) is 0.576. The normalized spacial score (nSPS) is 14.0. The van der Waals surface area contributed by atoms with Crippen LogP contribution in [0.4, 0.5) is 5.82 Å². The van der Waals surface area contributed by atoms with Gasteiger partial charge in [0.1, 0.15) is 16.5 Å². The number of fused-ring (bicyclic) bond motifs is 2. The van der Waals surface area contributed by atoms with Gasteiger partial charge >= 0.3 is 0 Å². The Morgan fingerprint density at radius 3 is 2.86 bits per heavy atom. The number of anilines is 1. The maximum atomic E-state index is 5.03. The molecule has 0 amide bonds. The highest BCUT2D eigenvalue weighted by atomic mass is 32.1. The summed E-state index contributed by atoms with van der Waals surface area (Å²) in [6.45, 7) is 2.47. The lowest BCUT2D eigenvalue weighted by molar-refractivity contribution is 0.391. The number of thiophene rings is 1. The number of benzene rings is 1. The molecule has 142 valence electrons. The third-order valence-corrected chi connectivity index (χ3v) is 5.98. The van der Waals surface area contributed by atoms with Crippen molar-refractivity contribution in [2.75, 3.05) is 25.5 Å². The van der Waals surface area contributed by atoms with Gasteiger partial charge in [-0.15, -0.1) is 11.3 Å². The van der Waals surface area contributed by atoms with Crippen LogP contribution in [0.5, 0.6) is 0 Å². The molecule has 4 aromatic rings. The lowest BCUT2D eigenvalue weighted by Gasteiger charge is -2.29. The lowest BCUT2D eigenvalue weighted by Crippen LogP contribution is -2.31. The smallest absolute Gasteiger partial charge is 0.146 e. The van der Waals surface area contributed by atoms with Crippen LogP contribution in [0, 0.1) is 0 Å². The number of aromatic amines is 1. The molecule has 1 aliphatic heterocycles. The molecule has 0 aliphatic carbocycles. The van der Waals surface area contributed by atoms with Crippen molar-refractivity contribution in [2.45, 2.75) is 19.5 Å². The molecule has 1 N–H and O–H groups in total. The molecule has 4 heterocycles. The zero-order valence-electron chi connectivity index (χ0n) is 16.0. The summed E-state index contributed by atoms with van der Waals surface area (Å²) in [6, 6.07) is 10.5. The number of aromatic nitrogens is 4.